The molecule has 0 aliphatic carbocycles. The molecule has 0 radical (unpaired) electrons. The fourth-order valence-electron chi connectivity index (χ4n) is 3.74. The number of oxazole rings is 1. The summed E-state index contributed by atoms with van der Waals surface area (Å²) >= 11 is 0. The Balaban J connectivity index is 1.99. The first-order chi connectivity index (χ1) is 15.3. The molecule has 6 nitrogen and oxygen atoms in total. The van der Waals surface area contributed by atoms with Crippen LogP contribution >= 0.6 is 0 Å². The first-order valence-electron chi connectivity index (χ1n) is 11.3. The number of hydrogen-bond donors (Lipinski definition) is 4. The monoisotopic (exact) mass is 452 g/mol. The van der Waals surface area contributed by atoms with E-state index in [1.54, 1.807) is 0 Å². The summed E-state index contributed by atoms with van der Waals surface area (Å²) in [5.41, 5.74) is 4.61. The maximum Gasteiger partial charge on any atom is 0.226 e. The molecule has 0 fully saturated rings. The summed E-state index contributed by atoms with van der Waals surface area (Å²) in [5, 5.41) is 32.5. The van der Waals surface area contributed by atoms with E-state index in [1.165, 1.54) is 0 Å². The Hall–Kier alpha value is -2.83. The molecule has 2 aromatic carbocycles. The van der Waals surface area contributed by atoms with Crippen LogP contribution in [0, 0.1) is 6.92 Å². The van der Waals surface area contributed by atoms with Gasteiger partial charge >= 0.3 is 0 Å². The third kappa shape index (κ3) is 5.57. The van der Waals surface area contributed by atoms with E-state index in [1.807, 2.05) is 43.3 Å². The predicted octanol–water partition coefficient (Wildman–Crippen LogP) is 5.38. The SMILES string of the molecule is Cc1oc(-c2cc(C(C)(C)C)c(O)c(C(C)(C)C)c2)nc1-c1ccc(NCC(O)CO)cc1. The highest BCUT2D eigenvalue weighted by molar-refractivity contribution is 5.69. The average Bonchev–Trinajstić information content (AvgIpc) is 3.12. The summed E-state index contributed by atoms with van der Waals surface area (Å²) in [4.78, 5) is 4.80. The molecule has 0 spiro atoms. The maximum atomic E-state index is 11.0. The van der Waals surface area contributed by atoms with E-state index in [9.17, 15) is 10.2 Å². The van der Waals surface area contributed by atoms with Gasteiger partial charge in [0.05, 0.1) is 12.7 Å². The van der Waals surface area contributed by atoms with E-state index >= 15 is 0 Å². The number of aryl methyl sites for hydroxylation is 1. The van der Waals surface area contributed by atoms with E-state index in [0.717, 1.165) is 33.6 Å². The Morgan fingerprint density at radius 3 is 1.97 bits per heavy atom. The summed E-state index contributed by atoms with van der Waals surface area (Å²) in [6.07, 6.45) is -0.800. The zero-order valence-electron chi connectivity index (χ0n) is 20.7. The number of phenolic OH excluding ortho intramolecular Hbond substituents is 1. The number of aliphatic hydroxyl groups is 2. The van der Waals surface area contributed by atoms with Crippen molar-refractivity contribution in [2.24, 2.45) is 0 Å². The zero-order valence-corrected chi connectivity index (χ0v) is 20.7. The Morgan fingerprint density at radius 1 is 0.939 bits per heavy atom. The first-order valence-corrected chi connectivity index (χ1v) is 11.3. The van der Waals surface area contributed by atoms with E-state index in [4.69, 9.17) is 14.5 Å². The third-order valence-electron chi connectivity index (χ3n) is 5.68. The van der Waals surface area contributed by atoms with E-state index in [-0.39, 0.29) is 24.0 Å². The lowest BCUT2D eigenvalue weighted by Gasteiger charge is -2.27. The lowest BCUT2D eigenvalue weighted by Crippen LogP contribution is -2.22. The van der Waals surface area contributed by atoms with Crippen LogP contribution in [0.2, 0.25) is 0 Å². The minimum Gasteiger partial charge on any atom is -0.507 e. The lowest BCUT2D eigenvalue weighted by molar-refractivity contribution is 0.105. The van der Waals surface area contributed by atoms with Crippen molar-refractivity contribution in [3.05, 3.63) is 53.3 Å². The Kier molecular flexibility index (Phi) is 6.91. The molecule has 4 N–H and O–H groups in total. The summed E-state index contributed by atoms with van der Waals surface area (Å²) in [6, 6.07) is 11.6. The summed E-state index contributed by atoms with van der Waals surface area (Å²) in [5.74, 6) is 1.56. The second-order valence-corrected chi connectivity index (χ2v) is 10.6. The van der Waals surface area contributed by atoms with Crippen molar-refractivity contribution in [1.82, 2.24) is 4.98 Å². The molecule has 1 aromatic heterocycles. The third-order valence-corrected chi connectivity index (χ3v) is 5.68. The average molecular weight is 453 g/mol. The Bertz CT molecular complexity index is 1070. The van der Waals surface area contributed by atoms with Gasteiger partial charge in [-0.15, -0.1) is 0 Å². The molecule has 0 saturated carbocycles. The molecule has 3 rings (SSSR count). The second-order valence-electron chi connectivity index (χ2n) is 10.6. The quantitative estimate of drug-likeness (QED) is 0.401. The minimum atomic E-state index is -0.800. The van der Waals surface area contributed by atoms with Gasteiger partial charge in [-0.2, -0.15) is 0 Å². The number of nitrogens with one attached hydrogen (secondary N) is 1. The molecule has 0 bridgehead atoms. The summed E-state index contributed by atoms with van der Waals surface area (Å²) < 4.78 is 6.08. The smallest absolute Gasteiger partial charge is 0.226 e. The van der Waals surface area contributed by atoms with Crippen LogP contribution in [0.5, 0.6) is 5.75 Å². The highest BCUT2D eigenvalue weighted by atomic mass is 16.4. The highest BCUT2D eigenvalue weighted by Crippen LogP contribution is 2.42. The zero-order chi connectivity index (χ0) is 24.6. The number of nitrogens with zero attached hydrogens (tertiary/aromatic N) is 1. The molecule has 1 unspecified atom stereocenters. The van der Waals surface area contributed by atoms with E-state index in [2.05, 4.69) is 46.9 Å². The van der Waals surface area contributed by atoms with Crippen molar-refractivity contribution in [2.45, 2.75) is 65.4 Å². The van der Waals surface area contributed by atoms with E-state index in [0.29, 0.717) is 17.4 Å². The van der Waals surface area contributed by atoms with Crippen molar-refractivity contribution in [3.8, 4) is 28.5 Å². The number of aromatic hydroxyl groups is 1. The van der Waals surface area contributed by atoms with Gasteiger partial charge in [0.1, 0.15) is 17.2 Å². The number of hydrogen-bond acceptors (Lipinski definition) is 6. The van der Waals surface area contributed by atoms with Crippen LogP contribution in [0.1, 0.15) is 58.4 Å². The first kappa shape index (κ1) is 24.8. The lowest BCUT2D eigenvalue weighted by atomic mass is 9.78. The van der Waals surface area contributed by atoms with Crippen molar-refractivity contribution in [1.29, 1.82) is 0 Å². The van der Waals surface area contributed by atoms with Crippen LogP contribution in [0.4, 0.5) is 5.69 Å². The van der Waals surface area contributed by atoms with Crippen molar-refractivity contribution in [2.75, 3.05) is 18.5 Å². The molecule has 1 heterocycles. The molecule has 0 aliphatic heterocycles. The molecule has 178 valence electrons. The number of benzene rings is 2. The van der Waals surface area contributed by atoms with Gasteiger partial charge in [-0.25, -0.2) is 4.98 Å². The molecular formula is C27H36N2O4. The van der Waals surface area contributed by atoms with E-state index < -0.39 is 6.10 Å². The van der Waals surface area contributed by atoms with Gasteiger partial charge in [-0.1, -0.05) is 53.7 Å². The predicted molar refractivity (Wildman–Crippen MR) is 133 cm³/mol. The highest BCUT2D eigenvalue weighted by Gasteiger charge is 2.28. The number of rotatable bonds is 6. The van der Waals surface area contributed by atoms with Crippen LogP contribution in [0.3, 0.4) is 0 Å². The maximum absolute atomic E-state index is 11.0. The summed E-state index contributed by atoms with van der Waals surface area (Å²) in [6.45, 7) is 14.4. The number of aliphatic hydroxyl groups excluding tert-OH is 2. The number of phenols is 1. The molecule has 0 amide bonds. The van der Waals surface area contributed by atoms with Gasteiger partial charge in [0, 0.05) is 34.5 Å². The second kappa shape index (κ2) is 9.20. The topological polar surface area (TPSA) is 98.8 Å². The Morgan fingerprint density at radius 2 is 1.48 bits per heavy atom. The molecule has 0 aliphatic rings. The largest absolute Gasteiger partial charge is 0.507 e. The fourth-order valence-corrected chi connectivity index (χ4v) is 3.74. The van der Waals surface area contributed by atoms with Gasteiger partial charge in [0.15, 0.2) is 0 Å². The van der Waals surface area contributed by atoms with Crippen LogP contribution in [0.15, 0.2) is 40.8 Å². The van der Waals surface area contributed by atoms with Gasteiger partial charge in [-0.05, 0) is 42.0 Å². The Labute approximate surface area is 196 Å². The number of anilines is 1. The van der Waals surface area contributed by atoms with Crippen LogP contribution < -0.4 is 5.32 Å². The van der Waals surface area contributed by atoms with Crippen LogP contribution in [-0.4, -0.2) is 39.6 Å². The van der Waals surface area contributed by atoms with Gasteiger partial charge in [-0.3, -0.25) is 0 Å². The van der Waals surface area contributed by atoms with Crippen molar-refractivity contribution < 1.29 is 19.7 Å². The van der Waals surface area contributed by atoms with Crippen molar-refractivity contribution >= 4 is 5.69 Å². The van der Waals surface area contributed by atoms with Crippen LogP contribution in [-0.2, 0) is 10.8 Å². The minimum absolute atomic E-state index is 0.239. The van der Waals surface area contributed by atoms with Crippen molar-refractivity contribution in [3.63, 3.8) is 0 Å². The van der Waals surface area contributed by atoms with Gasteiger partial charge < -0.3 is 25.1 Å². The molecule has 6 heteroatoms. The fraction of sp³-hybridized carbons (Fsp3) is 0.444. The summed E-state index contributed by atoms with van der Waals surface area (Å²) in [7, 11) is 0. The molecular weight excluding hydrogens is 416 g/mol. The van der Waals surface area contributed by atoms with Gasteiger partial charge in [0.25, 0.3) is 0 Å². The molecule has 0 saturated heterocycles. The molecule has 3 aromatic rings. The van der Waals surface area contributed by atoms with Crippen LogP contribution in [0.25, 0.3) is 22.7 Å². The molecule has 1 atom stereocenters. The molecule has 33 heavy (non-hydrogen) atoms. The normalized spacial score (nSPS) is 13.2. The number of aromatic nitrogens is 1. The van der Waals surface area contributed by atoms with Gasteiger partial charge in [0.2, 0.25) is 5.89 Å². The standard InChI is InChI=1S/C27H36N2O4/c1-16-23(17-8-10-19(11-9-17)28-14-20(31)15-30)29-25(33-16)18-12-21(26(2,3)4)24(32)22(13-18)27(5,6)7/h8-13,20,28,30-32H,14-15H2,1-7H3.